The summed E-state index contributed by atoms with van der Waals surface area (Å²) < 4.78 is 23.5. The van der Waals surface area contributed by atoms with E-state index in [1.807, 2.05) is 43.3 Å². The van der Waals surface area contributed by atoms with Gasteiger partial charge in [0.05, 0.1) is 47.9 Å². The highest BCUT2D eigenvalue weighted by Crippen LogP contribution is 2.48. The smallest absolute Gasteiger partial charge is 0.338 e. The molecule has 248 valence electrons. The number of rotatable bonds is 10. The fraction of sp³-hybridized carbons (Fsp3) is 0.342. The number of Topliss-reactive ketones (excluding diaryl/α,β-unsaturated/α-hetero) is 1. The predicted octanol–water partition coefficient (Wildman–Crippen LogP) is 6.41. The van der Waals surface area contributed by atoms with Crippen molar-refractivity contribution in [1.29, 1.82) is 5.26 Å². The van der Waals surface area contributed by atoms with Crippen LogP contribution >= 0.6 is 15.9 Å². The van der Waals surface area contributed by atoms with Crippen molar-refractivity contribution < 1.29 is 28.5 Å². The molecule has 2 unspecified atom stereocenters. The Bertz CT molecular complexity index is 1790. The maximum atomic E-state index is 13.8. The summed E-state index contributed by atoms with van der Waals surface area (Å²) in [5, 5.41) is 13.6. The van der Waals surface area contributed by atoms with Crippen molar-refractivity contribution in [2.45, 2.75) is 38.2 Å². The van der Waals surface area contributed by atoms with Crippen molar-refractivity contribution in [3.63, 3.8) is 0 Å². The number of halogens is 1. The SMILES string of the molecule is COc1cc(C2C(C#N)=C(C)NC3=C2C(=O)CC(c2ccccc2)C3)cc(Br)c1OCc1cccc(C(=O)OCCN2CCOCC2)c1. The standard InChI is InChI=1S/C38H38BrN3O6/c1-24-30(22-40)35(36-32(41-24)19-28(20-33(36)43)26-8-4-3-5-9-26)29-18-31(39)37(34(21-29)45-2)48-23-25-7-6-10-27(17-25)38(44)47-16-13-42-11-14-46-15-12-42/h3-10,17-18,21,28,35,41H,11-16,19-20,23H2,1-2H3. The molecular formula is C38H38BrN3O6. The van der Waals surface area contributed by atoms with E-state index in [2.05, 4.69) is 44.3 Å². The van der Waals surface area contributed by atoms with Crippen LogP contribution in [0.3, 0.4) is 0 Å². The molecule has 0 spiro atoms. The minimum atomic E-state index is -0.541. The van der Waals surface area contributed by atoms with Crippen LogP contribution in [0.4, 0.5) is 0 Å². The molecule has 0 radical (unpaired) electrons. The number of benzene rings is 3. The van der Waals surface area contributed by atoms with Gasteiger partial charge in [0.1, 0.15) is 13.2 Å². The van der Waals surface area contributed by atoms with Crippen molar-refractivity contribution in [2.75, 3.05) is 46.6 Å². The molecule has 3 aliphatic rings. The van der Waals surface area contributed by atoms with Crippen LogP contribution in [0.15, 0.2) is 93.7 Å². The second-order valence-corrected chi connectivity index (χ2v) is 13.0. The number of nitrogens with one attached hydrogen (secondary N) is 1. The third kappa shape index (κ3) is 7.34. The van der Waals surface area contributed by atoms with Crippen LogP contribution in [-0.4, -0.2) is 63.2 Å². The molecule has 9 nitrogen and oxygen atoms in total. The lowest BCUT2D eigenvalue weighted by Crippen LogP contribution is -2.38. The first kappa shape index (κ1) is 33.5. The highest BCUT2D eigenvalue weighted by atomic mass is 79.9. The number of carbonyl (C=O) groups is 2. The number of esters is 1. The molecule has 1 fully saturated rings. The number of carbonyl (C=O) groups excluding carboxylic acids is 2. The average molecular weight is 713 g/mol. The van der Waals surface area contributed by atoms with Crippen LogP contribution in [0, 0.1) is 11.3 Å². The quantitative estimate of drug-likeness (QED) is 0.239. The molecular weight excluding hydrogens is 674 g/mol. The van der Waals surface area contributed by atoms with E-state index in [9.17, 15) is 14.9 Å². The van der Waals surface area contributed by atoms with Crippen LogP contribution in [-0.2, 0) is 20.9 Å². The summed E-state index contributed by atoms with van der Waals surface area (Å²) in [7, 11) is 1.56. The Hall–Kier alpha value is -4.43. The van der Waals surface area contributed by atoms with Crippen LogP contribution in [0.5, 0.6) is 11.5 Å². The average Bonchev–Trinajstić information content (AvgIpc) is 3.11. The third-order valence-corrected chi connectivity index (χ3v) is 9.68. The van der Waals surface area contributed by atoms with Gasteiger partial charge in [-0.1, -0.05) is 42.5 Å². The minimum absolute atomic E-state index is 0.0257. The summed E-state index contributed by atoms with van der Waals surface area (Å²) in [5.41, 5.74) is 5.83. The van der Waals surface area contributed by atoms with Crippen LogP contribution in [0.2, 0.25) is 0 Å². The van der Waals surface area contributed by atoms with Crippen LogP contribution in [0.1, 0.15) is 58.6 Å². The van der Waals surface area contributed by atoms with E-state index in [1.54, 1.807) is 25.3 Å². The van der Waals surface area contributed by atoms with Gasteiger partial charge in [-0.2, -0.15) is 5.26 Å². The first-order chi connectivity index (χ1) is 23.4. The number of hydrogen-bond acceptors (Lipinski definition) is 9. The Balaban J connectivity index is 1.19. The number of ether oxygens (including phenoxy) is 4. The molecule has 1 saturated heterocycles. The van der Waals surface area contributed by atoms with Gasteiger partial charge in [-0.25, -0.2) is 4.79 Å². The number of nitrogens with zero attached hydrogens (tertiary/aromatic N) is 2. The van der Waals surface area contributed by atoms with Gasteiger partial charge in [0, 0.05) is 43.0 Å². The summed E-state index contributed by atoms with van der Waals surface area (Å²) in [6.07, 6.45) is 1.05. The Labute approximate surface area is 289 Å². The molecule has 10 heteroatoms. The van der Waals surface area contributed by atoms with Crippen molar-refractivity contribution >= 4 is 27.7 Å². The second kappa shape index (κ2) is 15.2. The molecule has 3 aromatic carbocycles. The predicted molar refractivity (Wildman–Crippen MR) is 184 cm³/mol. The van der Waals surface area contributed by atoms with Gasteiger partial charge >= 0.3 is 5.97 Å². The van der Waals surface area contributed by atoms with Crippen molar-refractivity contribution in [3.8, 4) is 17.6 Å². The zero-order valence-corrected chi connectivity index (χ0v) is 28.7. The largest absolute Gasteiger partial charge is 0.493 e. The second-order valence-electron chi connectivity index (χ2n) is 12.2. The summed E-state index contributed by atoms with van der Waals surface area (Å²) in [6, 6.07) is 23.3. The van der Waals surface area contributed by atoms with E-state index >= 15 is 0 Å². The first-order valence-corrected chi connectivity index (χ1v) is 16.9. The van der Waals surface area contributed by atoms with Gasteiger partial charge in [-0.05, 0) is 76.1 Å². The van der Waals surface area contributed by atoms with E-state index in [0.29, 0.717) is 71.9 Å². The van der Waals surface area contributed by atoms with Gasteiger partial charge in [0.15, 0.2) is 17.3 Å². The number of allylic oxidation sites excluding steroid dienone is 4. The lowest BCUT2D eigenvalue weighted by molar-refractivity contribution is -0.116. The maximum Gasteiger partial charge on any atom is 0.338 e. The Morgan fingerprint density at radius 3 is 2.60 bits per heavy atom. The van der Waals surface area contributed by atoms with Crippen molar-refractivity contribution in [3.05, 3.63) is 116 Å². The van der Waals surface area contributed by atoms with E-state index in [0.717, 1.165) is 41.2 Å². The summed E-state index contributed by atoms with van der Waals surface area (Å²) in [6.45, 7) is 6.11. The zero-order chi connectivity index (χ0) is 33.6. The summed E-state index contributed by atoms with van der Waals surface area (Å²) in [5.74, 6) is 0.0983. The van der Waals surface area contributed by atoms with Gasteiger partial charge < -0.3 is 24.3 Å². The van der Waals surface area contributed by atoms with Gasteiger partial charge in [-0.15, -0.1) is 0 Å². The van der Waals surface area contributed by atoms with Crippen molar-refractivity contribution in [2.24, 2.45) is 0 Å². The van der Waals surface area contributed by atoms with E-state index < -0.39 is 5.92 Å². The van der Waals surface area contributed by atoms with Crippen LogP contribution < -0.4 is 14.8 Å². The Morgan fingerprint density at radius 1 is 1.06 bits per heavy atom. The lowest BCUT2D eigenvalue weighted by Gasteiger charge is -2.36. The monoisotopic (exact) mass is 711 g/mol. The highest BCUT2D eigenvalue weighted by Gasteiger charge is 2.39. The molecule has 3 aromatic rings. The molecule has 0 saturated carbocycles. The number of methoxy groups -OCH3 is 1. The first-order valence-electron chi connectivity index (χ1n) is 16.1. The van der Waals surface area contributed by atoms with Gasteiger partial charge in [-0.3, -0.25) is 9.69 Å². The van der Waals surface area contributed by atoms with Crippen LogP contribution in [0.25, 0.3) is 0 Å². The fourth-order valence-electron chi connectivity index (χ4n) is 6.65. The summed E-state index contributed by atoms with van der Waals surface area (Å²) in [4.78, 5) is 28.8. The Morgan fingerprint density at radius 2 is 1.85 bits per heavy atom. The molecule has 2 heterocycles. The topological polar surface area (TPSA) is 110 Å². The zero-order valence-electron chi connectivity index (χ0n) is 27.1. The lowest BCUT2D eigenvalue weighted by atomic mass is 9.72. The molecule has 1 aliphatic carbocycles. The van der Waals surface area contributed by atoms with E-state index in [-0.39, 0.29) is 24.3 Å². The number of dihydropyridines is 1. The molecule has 0 bridgehead atoms. The van der Waals surface area contributed by atoms with E-state index in [4.69, 9.17) is 18.9 Å². The number of hydrogen-bond donors (Lipinski definition) is 1. The minimum Gasteiger partial charge on any atom is -0.493 e. The maximum absolute atomic E-state index is 13.8. The van der Waals surface area contributed by atoms with Gasteiger partial charge in [0.25, 0.3) is 0 Å². The molecule has 2 atom stereocenters. The normalized spacial score (nSPS) is 19.7. The number of ketones is 1. The Kier molecular flexibility index (Phi) is 10.6. The molecule has 0 aromatic heterocycles. The molecule has 2 aliphatic heterocycles. The third-order valence-electron chi connectivity index (χ3n) is 9.09. The summed E-state index contributed by atoms with van der Waals surface area (Å²) >= 11 is 3.67. The van der Waals surface area contributed by atoms with Crippen molar-refractivity contribution in [1.82, 2.24) is 10.2 Å². The molecule has 48 heavy (non-hydrogen) atoms. The molecule has 1 N–H and O–H groups in total. The van der Waals surface area contributed by atoms with Gasteiger partial charge in [0.2, 0.25) is 0 Å². The fourth-order valence-corrected chi connectivity index (χ4v) is 7.22. The molecule has 0 amide bonds. The number of nitriles is 1. The van der Waals surface area contributed by atoms with E-state index in [1.165, 1.54) is 0 Å². The molecule has 6 rings (SSSR count). The number of morpholine rings is 1. The highest BCUT2D eigenvalue weighted by molar-refractivity contribution is 9.10.